The SMILES string of the molecule is ClC1=C[B]C=C(Cl)[As]1C#[As]1C(Cl)=C[B]C=C1Cl. The molecule has 2 aliphatic heterocycles. The molecule has 0 bridgehead atoms. The van der Waals surface area contributed by atoms with Crippen LogP contribution < -0.4 is 0 Å². The summed E-state index contributed by atoms with van der Waals surface area (Å²) in [5, 5.41) is 0. The third-order valence-corrected chi connectivity index (χ3v) is 16.0. The Morgan fingerprint density at radius 2 is 1.18 bits per heavy atom. The van der Waals surface area contributed by atoms with E-state index in [2.05, 4.69) is 3.40 Å². The summed E-state index contributed by atoms with van der Waals surface area (Å²) in [7, 11) is 3.70. The molecule has 0 nitrogen and oxygen atoms in total. The quantitative estimate of drug-likeness (QED) is 0.524. The molecule has 2 rings (SSSR count). The van der Waals surface area contributed by atoms with Crippen LogP contribution in [-0.2, 0) is 0 Å². The third kappa shape index (κ3) is 3.58. The molecule has 0 amide bonds. The first-order valence-electron chi connectivity index (χ1n) is 4.59. The van der Waals surface area contributed by atoms with Crippen LogP contribution in [0.5, 0.6) is 0 Å². The topological polar surface area (TPSA) is 0 Å². The van der Waals surface area contributed by atoms with Crippen molar-refractivity contribution in [3.63, 3.8) is 0 Å². The Kier molecular flexibility index (Phi) is 5.60. The average molecular weight is 425 g/mol. The van der Waals surface area contributed by atoms with Gasteiger partial charge < -0.3 is 0 Å². The molecule has 0 atom stereocenters. The van der Waals surface area contributed by atoms with Crippen LogP contribution in [-0.4, -0.2) is 43.2 Å². The van der Waals surface area contributed by atoms with Gasteiger partial charge in [0.1, 0.15) is 0 Å². The van der Waals surface area contributed by atoms with Crippen LogP contribution in [0.2, 0.25) is 0 Å². The normalized spacial score (nSPS) is 20.4. The molecule has 2 aliphatic rings. The van der Waals surface area contributed by atoms with Crippen molar-refractivity contribution in [1.29, 1.82) is 0 Å². The van der Waals surface area contributed by atoms with Gasteiger partial charge in [-0.25, -0.2) is 0 Å². The molecule has 2 heterocycles. The predicted octanol–water partition coefficient (Wildman–Crippen LogP) is 2.97. The van der Waals surface area contributed by atoms with E-state index in [9.17, 15) is 0 Å². The van der Waals surface area contributed by atoms with Crippen molar-refractivity contribution in [2.75, 3.05) is 0 Å². The molecular weight excluding hydrogens is 421 g/mol. The van der Waals surface area contributed by atoms with E-state index in [4.69, 9.17) is 46.4 Å². The second kappa shape index (κ2) is 6.54. The molecule has 0 aliphatic carbocycles. The monoisotopic (exact) mass is 424 g/mol. The summed E-state index contributed by atoms with van der Waals surface area (Å²) in [5.41, 5.74) is 0. The summed E-state index contributed by atoms with van der Waals surface area (Å²) < 4.78 is 6.68. The van der Waals surface area contributed by atoms with E-state index in [0.717, 1.165) is 15.3 Å². The van der Waals surface area contributed by atoms with E-state index in [1.807, 2.05) is 38.5 Å². The molecule has 17 heavy (non-hydrogen) atoms. The molecule has 0 aromatic heterocycles. The van der Waals surface area contributed by atoms with Gasteiger partial charge in [0.05, 0.1) is 0 Å². The minimum absolute atomic E-state index is 0.794. The maximum absolute atomic E-state index is 6.19. The Labute approximate surface area is 131 Å². The van der Waals surface area contributed by atoms with Crippen LogP contribution in [0.1, 0.15) is 0 Å². The van der Waals surface area contributed by atoms with E-state index in [1.54, 1.807) is 0 Å². The molecule has 0 saturated heterocycles. The summed E-state index contributed by atoms with van der Waals surface area (Å²) in [6, 6.07) is 0. The van der Waals surface area contributed by atoms with Crippen LogP contribution in [0, 0.1) is 3.40 Å². The molecule has 84 valence electrons. The molecule has 0 N–H and O–H groups in total. The zero-order valence-corrected chi connectivity index (χ0v) is 15.1. The molecule has 0 unspecified atom stereocenters. The van der Waals surface area contributed by atoms with E-state index < -0.39 is 28.7 Å². The Balaban J connectivity index is 2.43. The van der Waals surface area contributed by atoms with Gasteiger partial charge in [-0.15, -0.1) is 0 Å². The predicted molar refractivity (Wildman–Crippen MR) is 82.6 cm³/mol. The van der Waals surface area contributed by atoms with Gasteiger partial charge in [0.2, 0.25) is 0 Å². The summed E-state index contributed by atoms with van der Waals surface area (Å²) in [6.45, 7) is 0. The first-order valence-corrected chi connectivity index (χ1v) is 11.7. The fourth-order valence-corrected chi connectivity index (χ4v) is 18.3. The molecule has 0 spiro atoms. The minimum atomic E-state index is -1.77. The summed E-state index contributed by atoms with van der Waals surface area (Å²) in [4.78, 5) is 0. The van der Waals surface area contributed by atoms with E-state index in [1.165, 1.54) is 0 Å². The zero-order valence-electron chi connectivity index (χ0n) is 8.37. The van der Waals surface area contributed by atoms with E-state index >= 15 is 0 Å². The Morgan fingerprint density at radius 1 is 0.765 bits per heavy atom. The Bertz CT molecular complexity index is 510. The standard InChI is InChI=1S/C9H4As2B2Cl4/c14-6-1-12-2-7(15)10(6)5-11-8(16)3-13-4-9(11)17/h1-4H. The van der Waals surface area contributed by atoms with Crippen LogP contribution in [0.15, 0.2) is 39.2 Å². The van der Waals surface area contributed by atoms with Crippen molar-refractivity contribution in [2.24, 2.45) is 0 Å². The zero-order chi connectivity index (χ0) is 12.4. The fraction of sp³-hybridized carbons (Fsp3) is 0. The third-order valence-electron chi connectivity index (χ3n) is 1.99. The summed E-state index contributed by atoms with van der Waals surface area (Å²) in [5.74, 6) is 7.50. The number of hydrogen-bond donors (Lipinski definition) is 0. The van der Waals surface area contributed by atoms with Gasteiger partial charge >= 0.3 is 132 Å². The number of halogens is 4. The summed E-state index contributed by atoms with van der Waals surface area (Å²) >= 11 is 21.2. The first-order chi connectivity index (χ1) is 8.09. The van der Waals surface area contributed by atoms with Crippen LogP contribution in [0.4, 0.5) is 0 Å². The van der Waals surface area contributed by atoms with Gasteiger partial charge in [0.15, 0.2) is 0 Å². The van der Waals surface area contributed by atoms with Crippen molar-refractivity contribution in [3.8, 4) is 3.40 Å². The number of hydrogen-bond acceptors (Lipinski definition) is 0. The molecule has 0 aromatic carbocycles. The van der Waals surface area contributed by atoms with Crippen LogP contribution >= 0.6 is 46.4 Å². The van der Waals surface area contributed by atoms with E-state index in [0.29, 0.717) is 0 Å². The molecule has 0 saturated carbocycles. The van der Waals surface area contributed by atoms with Gasteiger partial charge in [0, 0.05) is 0 Å². The molecule has 2 radical (unpaired) electrons. The van der Waals surface area contributed by atoms with Gasteiger partial charge in [-0.1, -0.05) is 0 Å². The second-order valence-electron chi connectivity index (χ2n) is 3.11. The Hall–Kier alpha value is 1.15. The van der Waals surface area contributed by atoms with Gasteiger partial charge in [-0.2, -0.15) is 0 Å². The first kappa shape index (κ1) is 14.6. The van der Waals surface area contributed by atoms with Gasteiger partial charge in [-0.05, 0) is 0 Å². The van der Waals surface area contributed by atoms with Gasteiger partial charge in [-0.3, -0.25) is 0 Å². The van der Waals surface area contributed by atoms with Crippen molar-refractivity contribution in [1.82, 2.24) is 0 Å². The van der Waals surface area contributed by atoms with Crippen molar-refractivity contribution in [2.45, 2.75) is 0 Å². The molecule has 0 fully saturated rings. The molecule has 8 heteroatoms. The maximum atomic E-state index is 6.19. The molecular formula is C9H4As2B2Cl4. The van der Waals surface area contributed by atoms with Gasteiger partial charge in [0.25, 0.3) is 0 Å². The van der Waals surface area contributed by atoms with Crippen molar-refractivity contribution in [3.05, 3.63) is 39.2 Å². The number of rotatable bonds is 0. The molecule has 0 aromatic rings. The summed E-state index contributed by atoms with van der Waals surface area (Å²) in [6.07, 6.45) is 0. The van der Waals surface area contributed by atoms with Crippen LogP contribution in [0.25, 0.3) is 0 Å². The fourth-order valence-electron chi connectivity index (χ4n) is 1.21. The van der Waals surface area contributed by atoms with Crippen molar-refractivity contribution >= 4 is 89.6 Å². The average Bonchev–Trinajstić information content (AvgIpc) is 2.27. The Morgan fingerprint density at radius 3 is 1.65 bits per heavy atom. The van der Waals surface area contributed by atoms with Crippen LogP contribution in [0.3, 0.4) is 0 Å². The second-order valence-corrected chi connectivity index (χ2v) is 16.5. The van der Waals surface area contributed by atoms with E-state index in [-0.39, 0.29) is 0 Å². The van der Waals surface area contributed by atoms with Crippen molar-refractivity contribution < 1.29 is 0 Å².